The van der Waals surface area contributed by atoms with Crippen molar-refractivity contribution in [3.05, 3.63) is 60.8 Å². The highest BCUT2D eigenvalue weighted by Crippen LogP contribution is 2.16. The summed E-state index contributed by atoms with van der Waals surface area (Å²) in [6.07, 6.45) is 72.4. The number of allylic oxidation sites excluding steroid dienone is 9. The normalized spacial score (nSPS) is 13.3. The fourth-order valence-corrected chi connectivity index (χ4v) is 7.89. The topological polar surface area (TPSA) is 69.6 Å². The van der Waals surface area contributed by atoms with Crippen LogP contribution in [0.3, 0.4) is 0 Å². The van der Waals surface area contributed by atoms with E-state index < -0.39 is 12.1 Å². The van der Waals surface area contributed by atoms with E-state index in [1.807, 2.05) is 6.08 Å². The number of amides is 1. The molecule has 1 amide bonds. The van der Waals surface area contributed by atoms with Crippen LogP contribution in [0.1, 0.15) is 271 Å². The van der Waals surface area contributed by atoms with Gasteiger partial charge >= 0.3 is 0 Å². The summed E-state index contributed by atoms with van der Waals surface area (Å²) in [5.41, 5.74) is 0. The number of hydrogen-bond acceptors (Lipinski definition) is 3. The zero-order valence-electron chi connectivity index (χ0n) is 40.2. The number of nitrogens with one attached hydrogen (secondary N) is 1. The smallest absolute Gasteiger partial charge is 0.220 e. The van der Waals surface area contributed by atoms with Crippen molar-refractivity contribution in [2.45, 2.75) is 283 Å². The molecule has 0 aliphatic carbocycles. The highest BCUT2D eigenvalue weighted by molar-refractivity contribution is 5.76. The summed E-state index contributed by atoms with van der Waals surface area (Å²) in [5, 5.41) is 23.0. The molecular weight excluding hydrogens is 735 g/mol. The number of hydrogen-bond donors (Lipinski definition) is 3. The molecule has 0 saturated carbocycles. The lowest BCUT2D eigenvalue weighted by molar-refractivity contribution is -0.123. The minimum Gasteiger partial charge on any atom is -0.394 e. The van der Waals surface area contributed by atoms with Crippen molar-refractivity contribution in [1.82, 2.24) is 5.32 Å². The predicted molar refractivity (Wildman–Crippen MR) is 267 cm³/mol. The Kier molecular flexibility index (Phi) is 49.8. The predicted octanol–water partition coefficient (Wildman–Crippen LogP) is 17.2. The minimum absolute atomic E-state index is 0.0923. The van der Waals surface area contributed by atoms with Crippen LogP contribution in [0, 0.1) is 0 Å². The second-order valence-electron chi connectivity index (χ2n) is 17.9. The van der Waals surface area contributed by atoms with Gasteiger partial charge in [0.1, 0.15) is 0 Å². The third-order valence-corrected chi connectivity index (χ3v) is 12.0. The first kappa shape index (κ1) is 58.1. The lowest BCUT2D eigenvalue weighted by Gasteiger charge is -2.19. The van der Waals surface area contributed by atoms with Crippen molar-refractivity contribution >= 4 is 5.91 Å². The summed E-state index contributed by atoms with van der Waals surface area (Å²) in [7, 11) is 0. The maximum absolute atomic E-state index is 12.4. The van der Waals surface area contributed by atoms with E-state index in [4.69, 9.17) is 0 Å². The molecule has 0 saturated heterocycles. The highest BCUT2D eigenvalue weighted by Gasteiger charge is 2.17. The summed E-state index contributed by atoms with van der Waals surface area (Å²) in [6, 6.07) is -0.655. The Morgan fingerprint density at radius 2 is 0.700 bits per heavy atom. The minimum atomic E-state index is -0.879. The molecular formula is C56H103NO3. The van der Waals surface area contributed by atoms with E-state index in [1.54, 1.807) is 6.08 Å². The molecule has 2 atom stereocenters. The molecule has 0 aromatic carbocycles. The molecule has 0 aliphatic rings. The molecule has 3 N–H and O–H groups in total. The highest BCUT2D eigenvalue weighted by atomic mass is 16.3. The first-order chi connectivity index (χ1) is 29.7. The Bertz CT molecular complexity index is 996. The molecule has 2 unspecified atom stereocenters. The first-order valence-electron chi connectivity index (χ1n) is 26.5. The number of aliphatic hydroxyl groups is 2. The van der Waals surface area contributed by atoms with Crippen LogP contribution >= 0.6 is 0 Å². The van der Waals surface area contributed by atoms with Crippen molar-refractivity contribution in [3.8, 4) is 0 Å². The van der Waals surface area contributed by atoms with Gasteiger partial charge in [0.2, 0.25) is 5.91 Å². The van der Waals surface area contributed by atoms with Crippen molar-refractivity contribution in [2.24, 2.45) is 0 Å². The molecule has 0 bridgehead atoms. The summed E-state index contributed by atoms with van der Waals surface area (Å²) in [5.74, 6) is -0.0923. The van der Waals surface area contributed by atoms with Gasteiger partial charge in [0.05, 0.1) is 18.8 Å². The summed E-state index contributed by atoms with van der Waals surface area (Å²) >= 11 is 0. The van der Waals surface area contributed by atoms with Gasteiger partial charge in [-0.3, -0.25) is 4.79 Å². The lowest BCUT2D eigenvalue weighted by atomic mass is 10.0. The van der Waals surface area contributed by atoms with Gasteiger partial charge in [0.25, 0.3) is 0 Å². The van der Waals surface area contributed by atoms with Crippen molar-refractivity contribution < 1.29 is 15.0 Å². The molecule has 4 heteroatoms. The van der Waals surface area contributed by atoms with Crippen LogP contribution in [-0.2, 0) is 4.79 Å². The van der Waals surface area contributed by atoms with Crippen molar-refractivity contribution in [3.63, 3.8) is 0 Å². The molecule has 4 nitrogen and oxygen atoms in total. The zero-order chi connectivity index (χ0) is 43.5. The Morgan fingerprint density at radius 3 is 1.10 bits per heavy atom. The number of unbranched alkanes of at least 4 members (excludes halogenated alkanes) is 33. The Hall–Kier alpha value is -1.91. The third-order valence-electron chi connectivity index (χ3n) is 12.0. The van der Waals surface area contributed by atoms with Gasteiger partial charge in [0, 0.05) is 6.42 Å². The van der Waals surface area contributed by atoms with E-state index in [0.717, 1.165) is 57.8 Å². The molecule has 0 spiro atoms. The zero-order valence-corrected chi connectivity index (χ0v) is 40.2. The van der Waals surface area contributed by atoms with Gasteiger partial charge in [-0.2, -0.15) is 0 Å². The number of aliphatic hydroxyl groups excluding tert-OH is 2. The standard InChI is InChI=1S/C56H103NO3/c1-3-5-7-9-11-13-15-17-19-20-21-22-23-24-25-26-27-28-29-30-31-32-33-34-35-36-38-39-41-43-45-47-49-51-55(59)54(53-58)57-56(60)52-50-48-46-44-42-40-37-18-16-14-12-10-8-6-4-2/h12,14,18,35-37,41,43,49,51,54-55,58-59H,3-11,13,15-17,19-34,38-40,42,44-48,50,52-53H2,1-2H3,(H,57,60)/b14-12-,36-35+,37-18-,43-41+,51-49+. The molecule has 0 aromatic heterocycles. The maximum Gasteiger partial charge on any atom is 0.220 e. The van der Waals surface area contributed by atoms with E-state index in [0.29, 0.717) is 6.42 Å². The van der Waals surface area contributed by atoms with Crippen LogP contribution in [0.15, 0.2) is 60.8 Å². The molecule has 60 heavy (non-hydrogen) atoms. The quantitative estimate of drug-likeness (QED) is 0.0422. The van der Waals surface area contributed by atoms with Gasteiger partial charge in [0.15, 0.2) is 0 Å². The average molecular weight is 838 g/mol. The summed E-state index contributed by atoms with van der Waals surface area (Å²) in [6.45, 7) is 4.27. The SMILES string of the molecule is CCCCC/C=C\C/C=C\CCCCCCCC(=O)NC(CO)C(O)/C=C/CC/C=C/CC/C=C/CCCCCCCCCCCCCCCCCCCCCCCCC. The van der Waals surface area contributed by atoms with E-state index >= 15 is 0 Å². The van der Waals surface area contributed by atoms with E-state index in [2.05, 4.69) is 67.8 Å². The van der Waals surface area contributed by atoms with Gasteiger partial charge in [-0.15, -0.1) is 0 Å². The van der Waals surface area contributed by atoms with E-state index in [-0.39, 0.29) is 12.5 Å². The molecule has 0 fully saturated rings. The van der Waals surface area contributed by atoms with Crippen LogP contribution in [0.4, 0.5) is 0 Å². The molecule has 350 valence electrons. The fraction of sp³-hybridized carbons (Fsp3) is 0.804. The Morgan fingerprint density at radius 1 is 0.400 bits per heavy atom. The van der Waals surface area contributed by atoms with Crippen molar-refractivity contribution in [2.75, 3.05) is 6.61 Å². The van der Waals surface area contributed by atoms with E-state index in [1.165, 1.54) is 193 Å². The van der Waals surface area contributed by atoms with Crippen LogP contribution in [-0.4, -0.2) is 34.9 Å². The average Bonchev–Trinajstić information content (AvgIpc) is 3.25. The third kappa shape index (κ3) is 47.1. The van der Waals surface area contributed by atoms with Gasteiger partial charge in [-0.1, -0.05) is 248 Å². The second-order valence-corrected chi connectivity index (χ2v) is 17.9. The Labute approximate surface area is 375 Å². The largest absolute Gasteiger partial charge is 0.394 e. The molecule has 0 aromatic rings. The Balaban J connectivity index is 3.55. The van der Waals surface area contributed by atoms with Crippen LogP contribution < -0.4 is 5.32 Å². The molecule has 0 aliphatic heterocycles. The number of carbonyl (C=O) groups is 1. The van der Waals surface area contributed by atoms with Gasteiger partial charge in [-0.25, -0.2) is 0 Å². The molecule has 0 radical (unpaired) electrons. The molecule has 0 rings (SSSR count). The number of carbonyl (C=O) groups excluding carboxylic acids is 1. The number of rotatable bonds is 48. The maximum atomic E-state index is 12.4. The summed E-state index contributed by atoms with van der Waals surface area (Å²) < 4.78 is 0. The van der Waals surface area contributed by atoms with Crippen LogP contribution in [0.2, 0.25) is 0 Å². The van der Waals surface area contributed by atoms with Gasteiger partial charge in [-0.05, 0) is 77.0 Å². The van der Waals surface area contributed by atoms with E-state index in [9.17, 15) is 15.0 Å². The first-order valence-corrected chi connectivity index (χ1v) is 26.5. The van der Waals surface area contributed by atoms with Gasteiger partial charge < -0.3 is 15.5 Å². The second kappa shape index (κ2) is 51.4. The molecule has 0 heterocycles. The van der Waals surface area contributed by atoms with Crippen LogP contribution in [0.25, 0.3) is 0 Å². The van der Waals surface area contributed by atoms with Crippen molar-refractivity contribution in [1.29, 1.82) is 0 Å². The fourth-order valence-electron chi connectivity index (χ4n) is 7.89. The lowest BCUT2D eigenvalue weighted by Crippen LogP contribution is -2.45. The van der Waals surface area contributed by atoms with Crippen LogP contribution in [0.5, 0.6) is 0 Å². The summed E-state index contributed by atoms with van der Waals surface area (Å²) in [4.78, 5) is 12.4. The monoisotopic (exact) mass is 838 g/mol.